The lowest BCUT2D eigenvalue weighted by Gasteiger charge is -2.39. The molecule has 2 amide bonds. The lowest BCUT2D eigenvalue weighted by Crippen LogP contribution is -2.45. The molecule has 1 aliphatic carbocycles. The molecule has 0 aliphatic heterocycles. The summed E-state index contributed by atoms with van der Waals surface area (Å²) in [5.41, 5.74) is 2.44. The minimum Gasteiger partial charge on any atom is -0.469 e. The van der Waals surface area contributed by atoms with E-state index < -0.39 is 15.3 Å². The Kier molecular flexibility index (Phi) is 11.2. The van der Waals surface area contributed by atoms with E-state index in [1.807, 2.05) is 35.2 Å². The van der Waals surface area contributed by atoms with Gasteiger partial charge in [-0.05, 0) is 55.2 Å². The molecular formula is C29H41N3O6S2. The van der Waals surface area contributed by atoms with Crippen molar-refractivity contribution in [2.45, 2.75) is 78.8 Å². The van der Waals surface area contributed by atoms with Crippen LogP contribution >= 0.6 is 11.3 Å². The monoisotopic (exact) mass is 591 g/mol. The van der Waals surface area contributed by atoms with Gasteiger partial charge in [-0.15, -0.1) is 11.3 Å². The topological polar surface area (TPSA) is 122 Å². The van der Waals surface area contributed by atoms with Crippen molar-refractivity contribution in [1.29, 1.82) is 0 Å². The second kappa shape index (κ2) is 14.1. The summed E-state index contributed by atoms with van der Waals surface area (Å²) in [7, 11) is -2.86. The van der Waals surface area contributed by atoms with Gasteiger partial charge in [-0.25, -0.2) is 0 Å². The van der Waals surface area contributed by atoms with Crippen molar-refractivity contribution < 1.29 is 27.5 Å². The number of carbonyl (C=O) groups is 3. The minimum atomic E-state index is -4.25. The molecule has 2 N–H and O–H groups in total. The number of hydrogen-bond donors (Lipinski definition) is 2. The first-order chi connectivity index (χ1) is 18.9. The normalized spacial score (nSPS) is 17.4. The third-order valence-electron chi connectivity index (χ3n) is 7.13. The van der Waals surface area contributed by atoms with E-state index in [0.717, 1.165) is 48.1 Å². The summed E-state index contributed by atoms with van der Waals surface area (Å²) in [6.45, 7) is 8.03. The number of amides is 2. The number of thiophene rings is 1. The van der Waals surface area contributed by atoms with Gasteiger partial charge in [-0.3, -0.25) is 19.1 Å². The van der Waals surface area contributed by atoms with Crippen molar-refractivity contribution in [3.05, 3.63) is 40.8 Å². The van der Waals surface area contributed by atoms with Gasteiger partial charge in [-0.2, -0.15) is 8.42 Å². The van der Waals surface area contributed by atoms with Crippen LogP contribution in [0, 0.1) is 11.8 Å². The maximum atomic E-state index is 12.7. The predicted octanol–water partition coefficient (Wildman–Crippen LogP) is 5.56. The fourth-order valence-corrected chi connectivity index (χ4v) is 7.64. The lowest BCUT2D eigenvalue weighted by molar-refractivity contribution is -0.144. The van der Waals surface area contributed by atoms with Crippen LogP contribution in [0.25, 0.3) is 11.1 Å². The van der Waals surface area contributed by atoms with E-state index in [4.69, 9.17) is 4.74 Å². The Bertz CT molecular complexity index is 1290. The summed E-state index contributed by atoms with van der Waals surface area (Å²) in [5.74, 6) is 0.150. The van der Waals surface area contributed by atoms with Crippen molar-refractivity contribution in [1.82, 2.24) is 10.2 Å². The van der Waals surface area contributed by atoms with Gasteiger partial charge in [0, 0.05) is 36.5 Å². The zero-order valence-electron chi connectivity index (χ0n) is 24.0. The molecule has 2 atom stereocenters. The van der Waals surface area contributed by atoms with Gasteiger partial charge in [-0.1, -0.05) is 51.0 Å². The van der Waals surface area contributed by atoms with Crippen molar-refractivity contribution in [2.24, 2.45) is 11.8 Å². The van der Waals surface area contributed by atoms with Crippen molar-refractivity contribution >= 4 is 43.5 Å². The first-order valence-electron chi connectivity index (χ1n) is 13.8. The third-order valence-corrected chi connectivity index (χ3v) is 9.44. The first kappa shape index (κ1) is 31.6. The molecule has 1 saturated carbocycles. The molecule has 40 heavy (non-hydrogen) atoms. The number of anilines is 1. The van der Waals surface area contributed by atoms with Crippen LogP contribution in [-0.4, -0.2) is 50.1 Å². The van der Waals surface area contributed by atoms with Crippen LogP contribution in [0.1, 0.15) is 70.2 Å². The number of rotatable bonds is 11. The molecule has 0 saturated heterocycles. The van der Waals surface area contributed by atoms with E-state index in [1.165, 1.54) is 18.4 Å². The largest absolute Gasteiger partial charge is 0.469 e. The summed E-state index contributed by atoms with van der Waals surface area (Å²) in [5, 5.41) is 1.67. The molecule has 1 fully saturated rings. The smallest absolute Gasteiger partial charge is 0.357 e. The summed E-state index contributed by atoms with van der Waals surface area (Å²) < 4.78 is 32.6. The fourth-order valence-electron chi connectivity index (χ4n) is 5.23. The molecule has 1 heterocycles. The Morgan fingerprint density at radius 2 is 1.80 bits per heavy atom. The summed E-state index contributed by atoms with van der Waals surface area (Å²) in [6, 6.07) is 9.63. The average Bonchev–Trinajstić information content (AvgIpc) is 3.28. The molecule has 220 valence electrons. The number of carbonyl (C=O) groups excluding carboxylic acids is 3. The Balaban J connectivity index is 1.86. The molecule has 1 unspecified atom stereocenters. The van der Waals surface area contributed by atoms with E-state index in [-0.39, 0.29) is 30.4 Å². The minimum absolute atomic E-state index is 0.0317. The van der Waals surface area contributed by atoms with E-state index >= 15 is 0 Å². The number of benzene rings is 1. The van der Waals surface area contributed by atoms with Gasteiger partial charge in [0.2, 0.25) is 5.91 Å². The number of nitrogens with zero attached hydrogens (tertiary/aromatic N) is 1. The predicted molar refractivity (Wildman–Crippen MR) is 159 cm³/mol. The number of hydrogen-bond acceptors (Lipinski definition) is 7. The Labute approximate surface area is 241 Å². The highest BCUT2D eigenvalue weighted by Gasteiger charge is 2.33. The Morgan fingerprint density at radius 1 is 1.12 bits per heavy atom. The maximum absolute atomic E-state index is 12.7. The number of methoxy groups -OCH3 is 1. The average molecular weight is 592 g/mol. The highest BCUT2D eigenvalue weighted by Crippen LogP contribution is 2.38. The van der Waals surface area contributed by atoms with Crippen LogP contribution < -0.4 is 10.0 Å². The van der Waals surface area contributed by atoms with Crippen molar-refractivity contribution in [3.63, 3.8) is 0 Å². The SMILES string of the molecule is CCNC(=O)S(=O)(=O)Nc1sc(CC(C)C)cc1-c1ccc(CN(C(C)=O)[C@H]2CCCCC2CC(=O)OC)cc1. The highest BCUT2D eigenvalue weighted by atomic mass is 32.2. The van der Waals surface area contributed by atoms with E-state index in [2.05, 4.69) is 23.9 Å². The van der Waals surface area contributed by atoms with Gasteiger partial charge in [0.25, 0.3) is 0 Å². The second-order valence-electron chi connectivity index (χ2n) is 10.7. The molecule has 9 nitrogen and oxygen atoms in total. The fraction of sp³-hybridized carbons (Fsp3) is 0.552. The van der Waals surface area contributed by atoms with E-state index in [9.17, 15) is 22.8 Å². The molecule has 1 aromatic carbocycles. The molecule has 11 heteroatoms. The molecule has 1 aromatic heterocycles. The molecule has 3 rings (SSSR count). The number of ether oxygens (including phenoxy) is 1. The summed E-state index contributed by atoms with van der Waals surface area (Å²) in [4.78, 5) is 39.7. The molecule has 1 aliphatic rings. The molecule has 0 spiro atoms. The second-order valence-corrected chi connectivity index (χ2v) is 13.4. The lowest BCUT2D eigenvalue weighted by atomic mass is 9.81. The van der Waals surface area contributed by atoms with Crippen molar-refractivity contribution in [2.75, 3.05) is 18.4 Å². The van der Waals surface area contributed by atoms with Gasteiger partial charge >= 0.3 is 21.2 Å². The van der Waals surface area contributed by atoms with Crippen LogP contribution in [0.4, 0.5) is 9.80 Å². The van der Waals surface area contributed by atoms with Gasteiger partial charge in [0.05, 0.1) is 13.5 Å². The van der Waals surface area contributed by atoms with Crippen LogP contribution in [0.15, 0.2) is 30.3 Å². The molecule has 2 aromatic rings. The van der Waals surface area contributed by atoms with Gasteiger partial charge < -0.3 is 15.0 Å². The number of sulfonamides is 1. The van der Waals surface area contributed by atoms with Crippen LogP contribution in [0.3, 0.4) is 0 Å². The van der Waals surface area contributed by atoms with Crippen molar-refractivity contribution in [3.8, 4) is 11.1 Å². The summed E-state index contributed by atoms with van der Waals surface area (Å²) >= 11 is 1.33. The Hall–Kier alpha value is -2.92. The van der Waals surface area contributed by atoms with Gasteiger partial charge in [0.1, 0.15) is 5.00 Å². The summed E-state index contributed by atoms with van der Waals surface area (Å²) in [6.07, 6.45) is 4.85. The molecule has 0 bridgehead atoms. The number of nitrogens with one attached hydrogen (secondary N) is 2. The quantitative estimate of drug-likeness (QED) is 0.330. The van der Waals surface area contributed by atoms with E-state index in [1.54, 1.807) is 13.8 Å². The molecule has 0 radical (unpaired) electrons. The molecular weight excluding hydrogens is 550 g/mol. The van der Waals surface area contributed by atoms with Crippen LogP contribution in [-0.2, 0) is 37.3 Å². The van der Waals surface area contributed by atoms with E-state index in [0.29, 0.717) is 29.4 Å². The van der Waals surface area contributed by atoms with Crippen LogP contribution in [0.5, 0.6) is 0 Å². The highest BCUT2D eigenvalue weighted by molar-refractivity contribution is 8.07. The zero-order chi connectivity index (χ0) is 29.4. The van der Waals surface area contributed by atoms with Gasteiger partial charge in [0.15, 0.2) is 0 Å². The standard InChI is InChI=1S/C29H41N3O6S2/c1-6-30-29(35)40(36,37)31-28-25(17-24(39-28)15-19(2)3)22-13-11-21(12-14-22)18-32(20(4)33)26-10-8-7-9-23(26)16-27(34)38-5/h11-14,17,19,23,26,31H,6-10,15-16,18H2,1-5H3,(H,30,35)/t23?,26-/m0/s1. The Morgan fingerprint density at radius 3 is 2.40 bits per heavy atom. The zero-order valence-corrected chi connectivity index (χ0v) is 25.6. The first-order valence-corrected chi connectivity index (χ1v) is 16.1. The maximum Gasteiger partial charge on any atom is 0.357 e. The third kappa shape index (κ3) is 8.30. The number of esters is 1. The van der Waals surface area contributed by atoms with Crippen LogP contribution in [0.2, 0.25) is 0 Å².